The minimum absolute atomic E-state index is 0.159. The fraction of sp³-hybridized carbons (Fsp3) is 0.806. The number of ether oxygens (including phenoxy) is 2. The van der Waals surface area contributed by atoms with Gasteiger partial charge in [-0.25, -0.2) is 0 Å². The maximum Gasteiger partial charge on any atom is 0.460 e. The van der Waals surface area contributed by atoms with E-state index in [-0.39, 0.29) is 5.56 Å². The van der Waals surface area contributed by atoms with Crippen molar-refractivity contribution in [3.63, 3.8) is 0 Å². The second-order valence-corrected chi connectivity index (χ2v) is 14.1. The van der Waals surface area contributed by atoms with E-state index in [0.29, 0.717) is 6.07 Å². The molecule has 0 radical (unpaired) electrons. The average molecular weight is 1110 g/mol. The van der Waals surface area contributed by atoms with Gasteiger partial charge >= 0.3 is 95.3 Å². The van der Waals surface area contributed by atoms with Crippen LogP contribution in [0.15, 0.2) is 18.2 Å². The SMILES string of the molecule is FC(F)(F)C(F)(F)C(F)(F)C(F)(F)C(F)(F)C(F)(F)C(F)(F)C(F)(F)CCCCOc1cc(CCl)cc(OCCCCC(F)(F)C(F)(F)C(F)(F)C(F)(F)C(F)(F)C(F)(F)C(F)(F)C(F)(F)F)c1. The summed E-state index contributed by atoms with van der Waals surface area (Å²) in [7, 11) is 0. The molecule has 0 atom stereocenters. The maximum absolute atomic E-state index is 14.1. The number of alkyl halides is 35. The van der Waals surface area contributed by atoms with Crippen molar-refractivity contribution in [1.29, 1.82) is 0 Å². The predicted octanol–water partition coefficient (Wildman–Crippen LogP) is 15.5. The number of hydrogen-bond donors (Lipinski definition) is 0. The summed E-state index contributed by atoms with van der Waals surface area (Å²) in [5.74, 6) is -118. The minimum atomic E-state index is -8.84. The molecule has 0 bridgehead atoms. The molecule has 37 heteroatoms. The van der Waals surface area contributed by atoms with Crippen LogP contribution in [0.1, 0.15) is 44.1 Å². The molecule has 0 aliphatic carbocycles. The monoisotopic (exact) mass is 1110 g/mol. The first kappa shape index (κ1) is 62.7. The predicted molar refractivity (Wildman–Crippen MR) is 156 cm³/mol. The van der Waals surface area contributed by atoms with Gasteiger partial charge in [0, 0.05) is 24.8 Å². The zero-order valence-corrected chi connectivity index (χ0v) is 32.4. The lowest BCUT2D eigenvalue weighted by molar-refractivity contribution is -0.461. The Bertz CT molecular complexity index is 1720. The van der Waals surface area contributed by atoms with Crippen LogP contribution in [-0.4, -0.2) is 108 Å². The molecule has 0 fully saturated rings. The molecule has 0 N–H and O–H groups in total. The summed E-state index contributed by atoms with van der Waals surface area (Å²) < 4.78 is 467. The van der Waals surface area contributed by atoms with E-state index < -0.39 is 164 Å². The number of benzene rings is 1. The number of hydrogen-bond acceptors (Lipinski definition) is 2. The molecular weight excluding hydrogens is 1090 g/mol. The van der Waals surface area contributed by atoms with Crippen molar-refractivity contribution in [2.24, 2.45) is 0 Å². The fourth-order valence-electron chi connectivity index (χ4n) is 4.86. The lowest BCUT2D eigenvalue weighted by atomic mass is 9.88. The topological polar surface area (TPSA) is 18.5 Å². The van der Waals surface area contributed by atoms with Crippen molar-refractivity contribution in [2.75, 3.05) is 13.2 Å². The molecule has 402 valence electrons. The molecular formula is C31H21ClF34O2. The van der Waals surface area contributed by atoms with Crippen molar-refractivity contribution < 1.29 is 159 Å². The molecule has 0 unspecified atom stereocenters. The number of rotatable bonds is 25. The highest BCUT2D eigenvalue weighted by Gasteiger charge is 2.96. The zero-order valence-electron chi connectivity index (χ0n) is 31.6. The third-order valence-corrected chi connectivity index (χ3v) is 9.28. The molecule has 0 aromatic heterocycles. The quantitative estimate of drug-likeness (QED) is 0.0552. The van der Waals surface area contributed by atoms with Gasteiger partial charge in [0.2, 0.25) is 0 Å². The van der Waals surface area contributed by atoms with Crippen LogP contribution < -0.4 is 9.47 Å². The lowest BCUT2D eigenvalue weighted by Crippen LogP contribution is -2.74. The Labute approximate surface area is 359 Å². The Morgan fingerprint density at radius 1 is 0.294 bits per heavy atom. The van der Waals surface area contributed by atoms with Crippen molar-refractivity contribution >= 4 is 11.6 Å². The third-order valence-electron chi connectivity index (χ3n) is 8.98. The van der Waals surface area contributed by atoms with E-state index in [2.05, 4.69) is 0 Å². The minimum Gasteiger partial charge on any atom is -0.493 e. The Kier molecular flexibility index (Phi) is 17.3. The van der Waals surface area contributed by atoms with Crippen molar-refractivity contribution in [1.82, 2.24) is 0 Å². The summed E-state index contributed by atoms with van der Waals surface area (Å²) in [6, 6.07) is 2.39. The lowest BCUT2D eigenvalue weighted by Gasteiger charge is -2.42. The molecule has 1 aromatic carbocycles. The van der Waals surface area contributed by atoms with Crippen LogP contribution in [0.3, 0.4) is 0 Å². The standard InChI is InChI=1S/C31H21ClF34O2/c32-12-13-9-14(67-7-3-1-5-16(33,34)18(37,38)20(41,42)22(45,46)24(49,50)26(53,54)28(57,58)30(61,62)63)11-15(10-13)68-8-4-2-6-17(35,36)19(39,40)21(43,44)23(47,48)25(51,52)27(55,56)29(59,60)31(64,65)66/h9-11H,1-8,12H2. The van der Waals surface area contributed by atoms with Crippen LogP contribution >= 0.6 is 11.6 Å². The van der Waals surface area contributed by atoms with Crippen LogP contribution in [0, 0.1) is 0 Å². The summed E-state index contributed by atoms with van der Waals surface area (Å²) >= 11 is 5.55. The van der Waals surface area contributed by atoms with Crippen LogP contribution in [0.5, 0.6) is 11.5 Å². The van der Waals surface area contributed by atoms with Gasteiger partial charge in [0.1, 0.15) is 11.5 Å². The largest absolute Gasteiger partial charge is 0.493 e. The maximum atomic E-state index is 14.1. The molecule has 2 nitrogen and oxygen atoms in total. The summed E-state index contributed by atoms with van der Waals surface area (Å²) in [4.78, 5) is 0. The second kappa shape index (κ2) is 18.7. The third kappa shape index (κ3) is 9.98. The molecule has 0 spiro atoms. The van der Waals surface area contributed by atoms with Gasteiger partial charge in [0.05, 0.1) is 13.2 Å². The first-order chi connectivity index (χ1) is 29.6. The van der Waals surface area contributed by atoms with Crippen LogP contribution in [0.25, 0.3) is 0 Å². The van der Waals surface area contributed by atoms with Crippen molar-refractivity contribution in [3.05, 3.63) is 23.8 Å². The Morgan fingerprint density at radius 2 is 0.515 bits per heavy atom. The number of halogens is 35. The van der Waals surface area contributed by atoms with E-state index in [4.69, 9.17) is 21.1 Å². The number of unbranched alkanes of at least 4 members (excludes halogenated alkanes) is 2. The fourth-order valence-corrected chi connectivity index (χ4v) is 5.01. The summed E-state index contributed by atoms with van der Waals surface area (Å²) in [5.41, 5.74) is -0.159. The van der Waals surface area contributed by atoms with E-state index in [1.165, 1.54) is 0 Å². The summed E-state index contributed by atoms with van der Waals surface area (Å²) in [6.45, 7) is -2.17. The molecule has 1 aromatic rings. The van der Waals surface area contributed by atoms with Crippen LogP contribution in [0.2, 0.25) is 0 Å². The first-order valence-electron chi connectivity index (χ1n) is 17.0. The molecule has 0 amide bonds. The molecule has 1 rings (SSSR count). The molecule has 0 aliphatic rings. The zero-order chi connectivity index (χ0) is 54.6. The Hall–Kier alpha value is -3.27. The van der Waals surface area contributed by atoms with E-state index in [1.807, 2.05) is 0 Å². The van der Waals surface area contributed by atoms with Gasteiger partial charge in [-0.15, -0.1) is 11.6 Å². The molecule has 0 saturated heterocycles. The molecule has 0 aliphatic heterocycles. The normalized spacial score (nSPS) is 15.8. The van der Waals surface area contributed by atoms with Crippen LogP contribution in [-0.2, 0) is 5.88 Å². The average Bonchev–Trinajstić information content (AvgIpc) is 3.15. The molecule has 0 heterocycles. The van der Waals surface area contributed by atoms with Gasteiger partial charge in [0.15, 0.2) is 0 Å². The van der Waals surface area contributed by atoms with Crippen molar-refractivity contribution in [2.45, 2.75) is 140 Å². The smallest absolute Gasteiger partial charge is 0.460 e. The first-order valence-corrected chi connectivity index (χ1v) is 17.5. The van der Waals surface area contributed by atoms with Crippen LogP contribution in [0.4, 0.5) is 149 Å². The highest BCUT2D eigenvalue weighted by Crippen LogP contribution is 2.66. The van der Waals surface area contributed by atoms with E-state index in [9.17, 15) is 149 Å². The summed E-state index contributed by atoms with van der Waals surface area (Å²) in [6.07, 6.45) is -27.1. The second-order valence-electron chi connectivity index (χ2n) is 13.9. The van der Waals surface area contributed by atoms with E-state index in [0.717, 1.165) is 12.1 Å². The van der Waals surface area contributed by atoms with E-state index in [1.54, 1.807) is 0 Å². The van der Waals surface area contributed by atoms with Gasteiger partial charge in [0.25, 0.3) is 0 Å². The van der Waals surface area contributed by atoms with E-state index >= 15 is 0 Å². The Balaban J connectivity index is 3.07. The molecule has 0 saturated carbocycles. The molecule has 68 heavy (non-hydrogen) atoms. The highest BCUT2D eigenvalue weighted by atomic mass is 35.5. The van der Waals surface area contributed by atoms with Crippen molar-refractivity contribution in [3.8, 4) is 11.5 Å². The summed E-state index contributed by atoms with van der Waals surface area (Å²) in [5, 5.41) is 0. The Morgan fingerprint density at radius 3 is 0.735 bits per heavy atom. The van der Waals surface area contributed by atoms with Gasteiger partial charge in [-0.2, -0.15) is 149 Å². The highest BCUT2D eigenvalue weighted by molar-refractivity contribution is 6.17. The van der Waals surface area contributed by atoms with Gasteiger partial charge < -0.3 is 9.47 Å². The van der Waals surface area contributed by atoms with Gasteiger partial charge in [-0.3, -0.25) is 0 Å². The van der Waals surface area contributed by atoms with Gasteiger partial charge in [-0.1, -0.05) is 0 Å². The van der Waals surface area contributed by atoms with Gasteiger partial charge in [-0.05, 0) is 43.4 Å².